The molecule has 0 heterocycles. The minimum atomic E-state index is -0.258. The molecule has 4 nitrogen and oxygen atoms in total. The van der Waals surface area contributed by atoms with Crippen LogP contribution in [0.15, 0.2) is 4.40 Å². The van der Waals surface area contributed by atoms with E-state index < -0.39 is 0 Å². The fraction of sp³-hybridized carbons (Fsp3) is 0.250. The maximum atomic E-state index is 10.2. The summed E-state index contributed by atoms with van der Waals surface area (Å²) < 4.78 is 3.28. The lowest BCUT2D eigenvalue weighted by atomic mass is 10.6. The molecule has 0 aliphatic heterocycles. The molecule has 9 heavy (non-hydrogen) atoms. The molecule has 1 amide bonds. The van der Waals surface area contributed by atoms with Gasteiger partial charge in [-0.15, -0.1) is 0 Å². The van der Waals surface area contributed by atoms with E-state index >= 15 is 0 Å². The number of carbonyl (C=O) groups excluding carboxylic acids is 1. The summed E-state index contributed by atoms with van der Waals surface area (Å²) in [5, 5.41) is 8.90. The Kier molecular flexibility index (Phi) is 3.70. The highest BCUT2D eigenvalue weighted by Gasteiger charge is 1.93. The van der Waals surface area contributed by atoms with Crippen LogP contribution in [0.1, 0.15) is 6.92 Å². The van der Waals surface area contributed by atoms with Crippen LogP contribution >= 0.6 is 12.8 Å². The molecule has 0 aromatic carbocycles. The molecule has 0 unspecified atom stereocenters. The van der Waals surface area contributed by atoms with Gasteiger partial charge in [-0.25, -0.2) is 4.40 Å². The first-order chi connectivity index (χ1) is 4.20. The second-order valence-corrected chi connectivity index (χ2v) is 1.51. The second kappa shape index (κ2) is 4.08. The minimum absolute atomic E-state index is 0.144. The normalized spacial score (nSPS) is 10.7. The highest BCUT2D eigenvalue weighted by atomic mass is 32.1. The van der Waals surface area contributed by atoms with Gasteiger partial charge in [0.05, 0.1) is 6.21 Å². The Morgan fingerprint density at radius 2 is 2.44 bits per heavy atom. The Morgan fingerprint density at radius 3 is 2.56 bits per heavy atom. The van der Waals surface area contributed by atoms with Gasteiger partial charge in [-0.2, -0.15) is 0 Å². The van der Waals surface area contributed by atoms with Crippen LogP contribution in [0.25, 0.3) is 0 Å². The van der Waals surface area contributed by atoms with Crippen LogP contribution in [0.5, 0.6) is 0 Å². The number of nitrogens with zero attached hydrogens (tertiary/aromatic N) is 1. The van der Waals surface area contributed by atoms with Crippen LogP contribution in [-0.2, 0) is 4.79 Å². The van der Waals surface area contributed by atoms with Crippen molar-refractivity contribution in [2.24, 2.45) is 4.40 Å². The zero-order valence-electron chi connectivity index (χ0n) is 4.88. The van der Waals surface area contributed by atoms with Crippen molar-refractivity contribution >= 4 is 30.8 Å². The number of carbonyl (C=O) groups is 1. The number of amides is 1. The second-order valence-electron chi connectivity index (χ2n) is 1.31. The van der Waals surface area contributed by atoms with Crippen molar-refractivity contribution in [1.29, 1.82) is 5.41 Å². The van der Waals surface area contributed by atoms with Gasteiger partial charge in [-0.3, -0.25) is 4.79 Å². The van der Waals surface area contributed by atoms with Crippen molar-refractivity contribution in [2.75, 3.05) is 0 Å². The molecule has 2 N–H and O–H groups in total. The van der Waals surface area contributed by atoms with E-state index in [1.165, 1.54) is 6.92 Å². The van der Waals surface area contributed by atoms with Gasteiger partial charge in [0.25, 0.3) is 0 Å². The predicted octanol–water partition coefficient (Wildman–Crippen LogP) is 0.0154. The van der Waals surface area contributed by atoms with Crippen LogP contribution in [0, 0.1) is 5.41 Å². The van der Waals surface area contributed by atoms with E-state index in [1.807, 2.05) is 0 Å². The molecular formula is C4H7N3OS. The molecule has 0 aromatic heterocycles. The Labute approximate surface area is 58.4 Å². The number of hydrogen-bond donors (Lipinski definition) is 3. The summed E-state index contributed by atoms with van der Waals surface area (Å²) in [6, 6.07) is 0. The molecule has 0 saturated carbocycles. The minimum Gasteiger partial charge on any atom is -0.309 e. The summed E-state index contributed by atoms with van der Waals surface area (Å²) in [5.74, 6) is -0.114. The van der Waals surface area contributed by atoms with Gasteiger partial charge in [0.2, 0.25) is 5.91 Å². The van der Waals surface area contributed by atoms with Gasteiger partial charge in [-0.1, -0.05) is 0 Å². The topological polar surface area (TPSA) is 65.3 Å². The molecule has 0 bridgehead atoms. The van der Waals surface area contributed by atoms with E-state index in [4.69, 9.17) is 5.41 Å². The molecule has 50 valence electrons. The summed E-state index contributed by atoms with van der Waals surface area (Å²) in [4.78, 5) is 10.2. The first-order valence-electron chi connectivity index (χ1n) is 2.21. The van der Waals surface area contributed by atoms with E-state index in [0.717, 1.165) is 6.21 Å². The van der Waals surface area contributed by atoms with Crippen LogP contribution < -0.4 is 5.32 Å². The molecule has 0 aliphatic carbocycles. The Morgan fingerprint density at radius 1 is 1.89 bits per heavy atom. The first-order valence-corrected chi connectivity index (χ1v) is 2.61. The average molecular weight is 145 g/mol. The third-order valence-corrected chi connectivity index (χ3v) is 0.764. The number of nitrogens with one attached hydrogen (secondary N) is 2. The molecule has 0 rings (SSSR count). The first kappa shape index (κ1) is 8.16. The van der Waals surface area contributed by atoms with Crippen LogP contribution in [0.2, 0.25) is 0 Å². The Balaban J connectivity index is 3.86. The lowest BCUT2D eigenvalue weighted by molar-refractivity contribution is -0.117. The molecular weight excluding hydrogens is 138 g/mol. The van der Waals surface area contributed by atoms with Crippen LogP contribution in [0.3, 0.4) is 0 Å². The fourth-order valence-corrected chi connectivity index (χ4v) is 0.378. The van der Waals surface area contributed by atoms with Crippen molar-refractivity contribution in [3.05, 3.63) is 0 Å². The number of amidine groups is 1. The van der Waals surface area contributed by atoms with Gasteiger partial charge >= 0.3 is 0 Å². The zero-order chi connectivity index (χ0) is 7.28. The smallest absolute Gasteiger partial charge is 0.222 e. The maximum Gasteiger partial charge on any atom is 0.222 e. The lowest BCUT2D eigenvalue weighted by Crippen LogP contribution is -2.28. The van der Waals surface area contributed by atoms with Crippen molar-refractivity contribution in [3.63, 3.8) is 0 Å². The number of thiol groups is 1. The standard InChI is InChI=1S/C4H7N3OS/c1-3(8)6-4(2-5)7-9/h2,5,9H,1H3,(H,6,7,8). The Hall–Kier alpha value is -0.840. The van der Waals surface area contributed by atoms with Crippen LogP contribution in [-0.4, -0.2) is 18.0 Å². The Bertz CT molecular complexity index is 154. The summed E-state index contributed by atoms with van der Waals surface area (Å²) in [5.41, 5.74) is 0. The predicted molar refractivity (Wildman–Crippen MR) is 39.0 cm³/mol. The van der Waals surface area contributed by atoms with Crippen molar-refractivity contribution in [1.82, 2.24) is 5.32 Å². The molecule has 0 radical (unpaired) electrons. The number of hydrogen-bond acceptors (Lipinski definition) is 4. The molecule has 0 atom stereocenters. The molecule has 0 aromatic rings. The highest BCUT2D eigenvalue weighted by molar-refractivity contribution is 7.79. The summed E-state index contributed by atoms with van der Waals surface area (Å²) in [6.45, 7) is 1.34. The van der Waals surface area contributed by atoms with Crippen molar-refractivity contribution in [3.8, 4) is 0 Å². The number of rotatable bonds is 1. The molecule has 5 heteroatoms. The fourth-order valence-electron chi connectivity index (χ4n) is 0.270. The SMILES string of the molecule is CC(=O)N/C(C=N)=N/S. The van der Waals surface area contributed by atoms with Gasteiger partial charge in [-0.05, 0) is 12.8 Å². The largest absolute Gasteiger partial charge is 0.309 e. The summed E-state index contributed by atoms with van der Waals surface area (Å²) >= 11 is 3.49. The lowest BCUT2D eigenvalue weighted by Gasteiger charge is -1.95. The summed E-state index contributed by atoms with van der Waals surface area (Å²) in [7, 11) is 0. The van der Waals surface area contributed by atoms with E-state index in [2.05, 4.69) is 22.5 Å². The molecule has 0 spiro atoms. The molecule has 0 saturated heterocycles. The molecule has 0 fully saturated rings. The van der Waals surface area contributed by atoms with Crippen molar-refractivity contribution < 1.29 is 4.79 Å². The highest BCUT2D eigenvalue weighted by Crippen LogP contribution is 1.74. The van der Waals surface area contributed by atoms with Gasteiger partial charge < -0.3 is 10.7 Å². The summed E-state index contributed by atoms with van der Waals surface area (Å²) in [6.07, 6.45) is 0.911. The van der Waals surface area contributed by atoms with Gasteiger partial charge in [0, 0.05) is 6.92 Å². The van der Waals surface area contributed by atoms with Gasteiger partial charge in [0.1, 0.15) is 0 Å². The van der Waals surface area contributed by atoms with E-state index in [0.29, 0.717) is 0 Å². The zero-order valence-corrected chi connectivity index (χ0v) is 5.77. The molecule has 0 aliphatic rings. The van der Waals surface area contributed by atoms with E-state index in [1.54, 1.807) is 0 Å². The maximum absolute atomic E-state index is 10.2. The average Bonchev–Trinajstić information content (AvgIpc) is 1.82. The van der Waals surface area contributed by atoms with Crippen LogP contribution in [0.4, 0.5) is 0 Å². The van der Waals surface area contributed by atoms with Gasteiger partial charge in [0.15, 0.2) is 5.84 Å². The van der Waals surface area contributed by atoms with E-state index in [-0.39, 0.29) is 11.7 Å². The monoisotopic (exact) mass is 145 g/mol. The third-order valence-electron chi connectivity index (χ3n) is 0.549. The third kappa shape index (κ3) is 3.72. The van der Waals surface area contributed by atoms with Crippen molar-refractivity contribution in [2.45, 2.75) is 6.92 Å². The van der Waals surface area contributed by atoms with E-state index in [9.17, 15) is 4.79 Å². The quantitative estimate of drug-likeness (QED) is 0.272.